The number of benzene rings is 7. The van der Waals surface area contributed by atoms with Crippen molar-refractivity contribution in [2.45, 2.75) is 0 Å². The van der Waals surface area contributed by atoms with Crippen LogP contribution in [0, 0.1) is 0 Å². The van der Waals surface area contributed by atoms with Crippen LogP contribution >= 0.6 is 0 Å². The van der Waals surface area contributed by atoms with Crippen LogP contribution in [0.25, 0.3) is 21.5 Å². The standard InChI is InChI=1S/C40H32N2O2/c1-43-39-22-18-29-24-37(20-16-31(29)26-39)41(33-10-5-3-6-11-33)35-14-9-15-36(28-35)42(34-12-7-4-8-13-34)38-21-17-32-27-40(44-2)23-19-30(32)25-38/h3-28H,1-2H3. The van der Waals surface area contributed by atoms with E-state index in [0.717, 1.165) is 67.2 Å². The zero-order valence-corrected chi connectivity index (χ0v) is 24.7. The van der Waals surface area contributed by atoms with Crippen LogP contribution in [0.4, 0.5) is 34.1 Å². The summed E-state index contributed by atoms with van der Waals surface area (Å²) in [4.78, 5) is 4.62. The van der Waals surface area contributed by atoms with Gasteiger partial charge in [-0.2, -0.15) is 0 Å². The summed E-state index contributed by atoms with van der Waals surface area (Å²) in [6.45, 7) is 0. The maximum absolute atomic E-state index is 5.46. The van der Waals surface area contributed by atoms with Crippen LogP contribution in [0.1, 0.15) is 0 Å². The highest BCUT2D eigenvalue weighted by Gasteiger charge is 2.18. The summed E-state index contributed by atoms with van der Waals surface area (Å²) in [5.41, 5.74) is 6.46. The molecule has 214 valence electrons. The van der Waals surface area contributed by atoms with Gasteiger partial charge in [0, 0.05) is 34.1 Å². The third-order valence-electron chi connectivity index (χ3n) is 7.95. The van der Waals surface area contributed by atoms with Gasteiger partial charge in [0.15, 0.2) is 0 Å². The number of hydrogen-bond acceptors (Lipinski definition) is 4. The zero-order valence-electron chi connectivity index (χ0n) is 24.7. The minimum atomic E-state index is 0.853. The van der Waals surface area contributed by atoms with Gasteiger partial charge in [0.25, 0.3) is 0 Å². The van der Waals surface area contributed by atoms with Crippen LogP contribution in [-0.4, -0.2) is 14.2 Å². The van der Waals surface area contributed by atoms with Crippen molar-refractivity contribution in [2.75, 3.05) is 24.0 Å². The molecule has 0 unspecified atom stereocenters. The van der Waals surface area contributed by atoms with Gasteiger partial charge in [-0.15, -0.1) is 0 Å². The van der Waals surface area contributed by atoms with Crippen LogP contribution in [0.5, 0.6) is 11.5 Å². The van der Waals surface area contributed by atoms with Gasteiger partial charge in [-0.05, 0) is 113 Å². The molecule has 0 aliphatic carbocycles. The summed E-state index contributed by atoms with van der Waals surface area (Å²) in [6.07, 6.45) is 0. The molecule has 0 fully saturated rings. The molecule has 0 radical (unpaired) electrons. The van der Waals surface area contributed by atoms with Crippen molar-refractivity contribution in [3.63, 3.8) is 0 Å². The van der Waals surface area contributed by atoms with Gasteiger partial charge in [0.1, 0.15) is 11.5 Å². The molecule has 0 atom stereocenters. The lowest BCUT2D eigenvalue weighted by Crippen LogP contribution is -2.13. The number of rotatable bonds is 8. The van der Waals surface area contributed by atoms with Crippen molar-refractivity contribution >= 4 is 55.7 Å². The molecule has 7 rings (SSSR count). The second-order valence-corrected chi connectivity index (χ2v) is 10.7. The molecule has 7 aromatic carbocycles. The Kier molecular flexibility index (Phi) is 7.31. The molecule has 0 aromatic heterocycles. The third-order valence-corrected chi connectivity index (χ3v) is 7.95. The van der Waals surface area contributed by atoms with Gasteiger partial charge < -0.3 is 19.3 Å². The van der Waals surface area contributed by atoms with Gasteiger partial charge >= 0.3 is 0 Å². The summed E-state index contributed by atoms with van der Waals surface area (Å²) in [6, 6.07) is 55.3. The first-order valence-corrected chi connectivity index (χ1v) is 14.7. The van der Waals surface area contributed by atoms with Crippen molar-refractivity contribution in [1.82, 2.24) is 0 Å². The number of nitrogens with zero attached hydrogens (tertiary/aromatic N) is 2. The molecule has 0 spiro atoms. The zero-order chi connectivity index (χ0) is 29.9. The average molecular weight is 573 g/mol. The smallest absolute Gasteiger partial charge is 0.119 e. The normalized spacial score (nSPS) is 11.0. The Hall–Kier alpha value is -5.74. The van der Waals surface area contributed by atoms with Crippen molar-refractivity contribution in [1.29, 1.82) is 0 Å². The van der Waals surface area contributed by atoms with E-state index in [1.165, 1.54) is 0 Å². The molecule has 0 saturated carbocycles. The number of anilines is 6. The van der Waals surface area contributed by atoms with Crippen molar-refractivity contribution in [3.05, 3.63) is 158 Å². The molecule has 0 bridgehead atoms. The molecular formula is C40H32N2O2. The quantitative estimate of drug-likeness (QED) is 0.181. The summed E-state index contributed by atoms with van der Waals surface area (Å²) in [7, 11) is 3.40. The van der Waals surface area contributed by atoms with E-state index in [1.54, 1.807) is 14.2 Å². The first-order valence-electron chi connectivity index (χ1n) is 14.7. The van der Waals surface area contributed by atoms with E-state index in [4.69, 9.17) is 9.47 Å². The molecule has 4 nitrogen and oxygen atoms in total. The van der Waals surface area contributed by atoms with E-state index in [1.807, 2.05) is 12.1 Å². The third kappa shape index (κ3) is 5.30. The predicted octanol–water partition coefficient (Wildman–Crippen LogP) is 10.9. The number of fused-ring (bicyclic) bond motifs is 2. The lowest BCUT2D eigenvalue weighted by molar-refractivity contribution is 0.415. The molecule has 0 aliphatic rings. The molecule has 4 heteroatoms. The molecule has 0 aliphatic heterocycles. The van der Waals surface area contributed by atoms with Gasteiger partial charge in [0.2, 0.25) is 0 Å². The van der Waals surface area contributed by atoms with Crippen LogP contribution in [-0.2, 0) is 0 Å². The number of para-hydroxylation sites is 2. The molecule has 0 N–H and O–H groups in total. The van der Waals surface area contributed by atoms with Crippen LogP contribution < -0.4 is 19.3 Å². The van der Waals surface area contributed by atoms with Crippen molar-refractivity contribution in [2.24, 2.45) is 0 Å². The minimum Gasteiger partial charge on any atom is -0.497 e. The first kappa shape index (κ1) is 27.1. The van der Waals surface area contributed by atoms with Gasteiger partial charge in [-0.3, -0.25) is 0 Å². The van der Waals surface area contributed by atoms with E-state index in [-0.39, 0.29) is 0 Å². The lowest BCUT2D eigenvalue weighted by Gasteiger charge is -2.29. The Morgan fingerprint density at radius 3 is 1.11 bits per heavy atom. The number of ether oxygens (including phenoxy) is 2. The molecular weight excluding hydrogens is 540 g/mol. The average Bonchev–Trinajstić information content (AvgIpc) is 3.09. The first-order chi connectivity index (χ1) is 21.7. The van der Waals surface area contributed by atoms with E-state index >= 15 is 0 Å². The van der Waals surface area contributed by atoms with Crippen LogP contribution in [0.2, 0.25) is 0 Å². The van der Waals surface area contributed by atoms with Gasteiger partial charge in [0.05, 0.1) is 14.2 Å². The highest BCUT2D eigenvalue weighted by molar-refractivity contribution is 5.92. The lowest BCUT2D eigenvalue weighted by atomic mass is 10.1. The number of hydrogen-bond donors (Lipinski definition) is 0. The van der Waals surface area contributed by atoms with Crippen LogP contribution in [0.3, 0.4) is 0 Å². The Balaban J connectivity index is 1.37. The number of methoxy groups -OCH3 is 2. The fourth-order valence-corrected chi connectivity index (χ4v) is 5.77. The molecule has 44 heavy (non-hydrogen) atoms. The van der Waals surface area contributed by atoms with Crippen molar-refractivity contribution in [3.8, 4) is 11.5 Å². The second-order valence-electron chi connectivity index (χ2n) is 10.7. The van der Waals surface area contributed by atoms with E-state index in [2.05, 4.69) is 155 Å². The minimum absolute atomic E-state index is 0.853. The Morgan fingerprint density at radius 2 is 0.682 bits per heavy atom. The summed E-state index contributed by atoms with van der Waals surface area (Å²) in [5.74, 6) is 1.71. The highest BCUT2D eigenvalue weighted by Crippen LogP contribution is 2.41. The largest absolute Gasteiger partial charge is 0.497 e. The summed E-state index contributed by atoms with van der Waals surface area (Å²) >= 11 is 0. The van der Waals surface area contributed by atoms with E-state index in [9.17, 15) is 0 Å². The van der Waals surface area contributed by atoms with Crippen molar-refractivity contribution < 1.29 is 9.47 Å². The summed E-state index contributed by atoms with van der Waals surface area (Å²) < 4.78 is 10.9. The molecule has 0 saturated heterocycles. The maximum Gasteiger partial charge on any atom is 0.119 e. The van der Waals surface area contributed by atoms with E-state index < -0.39 is 0 Å². The van der Waals surface area contributed by atoms with Crippen LogP contribution in [0.15, 0.2) is 158 Å². The SMILES string of the molecule is COc1ccc2cc(N(c3ccccc3)c3cccc(N(c4ccccc4)c4ccc5cc(OC)ccc5c4)c3)ccc2c1. The van der Waals surface area contributed by atoms with Gasteiger partial charge in [-0.25, -0.2) is 0 Å². The molecule has 0 heterocycles. The maximum atomic E-state index is 5.46. The second kappa shape index (κ2) is 11.9. The van der Waals surface area contributed by atoms with E-state index in [0.29, 0.717) is 0 Å². The molecule has 7 aromatic rings. The fraction of sp³-hybridized carbons (Fsp3) is 0.0500. The topological polar surface area (TPSA) is 24.9 Å². The molecule has 0 amide bonds. The highest BCUT2D eigenvalue weighted by atomic mass is 16.5. The fourth-order valence-electron chi connectivity index (χ4n) is 5.77. The predicted molar refractivity (Wildman–Crippen MR) is 184 cm³/mol. The van der Waals surface area contributed by atoms with Gasteiger partial charge in [-0.1, -0.05) is 66.7 Å². The Morgan fingerprint density at radius 1 is 0.318 bits per heavy atom. The monoisotopic (exact) mass is 572 g/mol. The summed E-state index contributed by atoms with van der Waals surface area (Å²) in [5, 5.41) is 4.58. The Labute approximate surface area is 257 Å². The Bertz CT molecular complexity index is 1910.